The zero-order chi connectivity index (χ0) is 16.4. The van der Waals surface area contributed by atoms with Gasteiger partial charge in [-0.15, -0.1) is 0 Å². The van der Waals surface area contributed by atoms with Gasteiger partial charge in [0.15, 0.2) is 0 Å². The average Bonchev–Trinajstić information content (AvgIpc) is 2.98. The van der Waals surface area contributed by atoms with Crippen molar-refractivity contribution in [2.45, 2.75) is 30.4 Å². The average molecular weight is 331 g/mol. The van der Waals surface area contributed by atoms with Gasteiger partial charge in [0.2, 0.25) is 10.0 Å². The lowest BCUT2D eigenvalue weighted by Crippen LogP contribution is -2.30. The molecular weight excluding hydrogens is 310 g/mol. The fraction of sp³-hybridized carbons (Fsp3) is 0.333. The number of sulfonamides is 1. The summed E-state index contributed by atoms with van der Waals surface area (Å²) in [6.45, 7) is 0.402. The Morgan fingerprint density at radius 1 is 1.17 bits per heavy atom. The molecule has 0 aromatic heterocycles. The predicted molar refractivity (Wildman–Crippen MR) is 89.6 cm³/mol. The van der Waals surface area contributed by atoms with E-state index >= 15 is 0 Å². The van der Waals surface area contributed by atoms with Crippen LogP contribution in [0.3, 0.4) is 0 Å². The highest BCUT2D eigenvalue weighted by molar-refractivity contribution is 7.89. The third-order valence-electron chi connectivity index (χ3n) is 4.43. The molecule has 0 saturated carbocycles. The summed E-state index contributed by atoms with van der Waals surface area (Å²) < 4.78 is 32.5. The van der Waals surface area contributed by atoms with Crippen molar-refractivity contribution in [2.24, 2.45) is 0 Å². The Labute approximate surface area is 137 Å². The molecule has 122 valence electrons. The van der Waals surface area contributed by atoms with E-state index in [1.165, 1.54) is 9.87 Å². The Balaban J connectivity index is 1.92. The van der Waals surface area contributed by atoms with Crippen molar-refractivity contribution in [3.8, 4) is 0 Å². The van der Waals surface area contributed by atoms with Crippen LogP contribution >= 0.6 is 0 Å². The van der Waals surface area contributed by atoms with Crippen LogP contribution in [0.4, 0.5) is 0 Å². The summed E-state index contributed by atoms with van der Waals surface area (Å²) >= 11 is 0. The maximum atomic E-state index is 13.0. The molecule has 0 amide bonds. The van der Waals surface area contributed by atoms with Gasteiger partial charge in [0.05, 0.1) is 17.5 Å². The van der Waals surface area contributed by atoms with Gasteiger partial charge in [-0.05, 0) is 41.7 Å². The van der Waals surface area contributed by atoms with Gasteiger partial charge in [0.1, 0.15) is 0 Å². The maximum Gasteiger partial charge on any atom is 0.243 e. The molecule has 5 heteroatoms. The van der Waals surface area contributed by atoms with Crippen LogP contribution in [0.25, 0.3) is 0 Å². The molecule has 1 unspecified atom stereocenters. The van der Waals surface area contributed by atoms with Gasteiger partial charge in [-0.25, -0.2) is 8.42 Å². The monoisotopic (exact) mass is 331 g/mol. The summed E-state index contributed by atoms with van der Waals surface area (Å²) in [5, 5.41) is 0. The lowest BCUT2D eigenvalue weighted by atomic mass is 10.1. The van der Waals surface area contributed by atoms with Crippen LogP contribution in [0, 0.1) is 0 Å². The largest absolute Gasteiger partial charge is 0.380 e. The molecule has 0 aliphatic heterocycles. The molecule has 2 aromatic carbocycles. The van der Waals surface area contributed by atoms with Gasteiger partial charge >= 0.3 is 0 Å². The lowest BCUT2D eigenvalue weighted by molar-refractivity contribution is 0.184. The molecular formula is C18H21NO3S. The highest BCUT2D eigenvalue weighted by Gasteiger charge is 2.33. The minimum absolute atomic E-state index is 0.0951. The Bertz CT molecular complexity index is 801. The summed E-state index contributed by atoms with van der Waals surface area (Å²) in [5.41, 5.74) is 3.22. The highest BCUT2D eigenvalue weighted by Crippen LogP contribution is 2.37. The number of methoxy groups -OCH3 is 1. The van der Waals surface area contributed by atoms with Crippen LogP contribution in [0.15, 0.2) is 53.4 Å². The van der Waals surface area contributed by atoms with Gasteiger partial charge in [0, 0.05) is 14.2 Å². The smallest absolute Gasteiger partial charge is 0.243 e. The van der Waals surface area contributed by atoms with Crippen molar-refractivity contribution in [2.75, 3.05) is 14.2 Å². The van der Waals surface area contributed by atoms with Gasteiger partial charge < -0.3 is 4.74 Å². The van der Waals surface area contributed by atoms with E-state index in [-0.39, 0.29) is 6.04 Å². The summed E-state index contributed by atoms with van der Waals surface area (Å²) in [6, 6.07) is 14.9. The summed E-state index contributed by atoms with van der Waals surface area (Å²) in [6.07, 6.45) is 1.75. The third kappa shape index (κ3) is 3.04. The molecule has 0 N–H and O–H groups in total. The van der Waals surface area contributed by atoms with Gasteiger partial charge in [-0.3, -0.25) is 0 Å². The second-order valence-electron chi connectivity index (χ2n) is 5.85. The van der Waals surface area contributed by atoms with E-state index in [4.69, 9.17) is 4.74 Å². The van der Waals surface area contributed by atoms with Crippen LogP contribution in [0.2, 0.25) is 0 Å². The number of hydrogen-bond acceptors (Lipinski definition) is 3. The zero-order valence-corrected chi connectivity index (χ0v) is 14.2. The predicted octanol–water partition coefficient (Wildman–Crippen LogP) is 3.14. The van der Waals surface area contributed by atoms with E-state index in [1.54, 1.807) is 32.4 Å². The Hall–Kier alpha value is -1.69. The van der Waals surface area contributed by atoms with Gasteiger partial charge in [-0.2, -0.15) is 4.31 Å². The Morgan fingerprint density at radius 2 is 1.96 bits per heavy atom. The lowest BCUT2D eigenvalue weighted by Gasteiger charge is -2.25. The van der Waals surface area contributed by atoms with E-state index in [2.05, 4.69) is 6.07 Å². The zero-order valence-electron chi connectivity index (χ0n) is 13.4. The molecule has 0 saturated heterocycles. The molecule has 2 aromatic rings. The van der Waals surface area contributed by atoms with Crippen LogP contribution < -0.4 is 0 Å². The maximum absolute atomic E-state index is 13.0. The number of rotatable bonds is 5. The second kappa shape index (κ2) is 6.43. The van der Waals surface area contributed by atoms with E-state index in [1.807, 2.05) is 24.3 Å². The number of hydrogen-bond donors (Lipinski definition) is 0. The molecule has 1 aliphatic rings. The number of benzene rings is 2. The Morgan fingerprint density at radius 3 is 2.74 bits per heavy atom. The molecule has 0 heterocycles. The highest BCUT2D eigenvalue weighted by atomic mass is 32.2. The van der Waals surface area contributed by atoms with E-state index < -0.39 is 10.0 Å². The molecule has 0 fully saturated rings. The van der Waals surface area contributed by atoms with Crippen LogP contribution in [0.5, 0.6) is 0 Å². The minimum atomic E-state index is -3.53. The molecule has 4 nitrogen and oxygen atoms in total. The number of fused-ring (bicyclic) bond motifs is 1. The normalized spacial score (nSPS) is 17.4. The van der Waals surface area contributed by atoms with Crippen molar-refractivity contribution in [3.63, 3.8) is 0 Å². The second-order valence-corrected chi connectivity index (χ2v) is 7.85. The van der Waals surface area contributed by atoms with Crippen molar-refractivity contribution >= 4 is 10.0 Å². The standard InChI is InChI=1S/C18H21NO3S/c1-19(18-11-10-15-7-3-4-9-17(15)18)23(20,21)16-8-5-6-14(12-16)13-22-2/h3-9,12,18H,10-11,13H2,1-2H3. The Kier molecular flexibility index (Phi) is 4.53. The molecule has 0 spiro atoms. The number of ether oxygens (including phenoxy) is 1. The quantitative estimate of drug-likeness (QED) is 0.845. The van der Waals surface area contributed by atoms with Crippen LogP contribution in [-0.2, 0) is 27.8 Å². The third-order valence-corrected chi connectivity index (χ3v) is 6.29. The first-order chi connectivity index (χ1) is 11.0. The molecule has 0 bridgehead atoms. The topological polar surface area (TPSA) is 46.6 Å². The van der Waals surface area contributed by atoms with Crippen molar-refractivity contribution in [1.29, 1.82) is 0 Å². The SMILES string of the molecule is COCc1cccc(S(=O)(=O)N(C)C2CCc3ccccc32)c1. The molecule has 3 rings (SSSR count). The summed E-state index contributed by atoms with van der Waals surface area (Å²) in [7, 11) is -0.256. The van der Waals surface area contributed by atoms with Crippen LogP contribution in [-0.4, -0.2) is 26.9 Å². The molecule has 0 radical (unpaired) electrons. The molecule has 1 atom stereocenters. The molecule has 1 aliphatic carbocycles. The van der Waals surface area contributed by atoms with Gasteiger partial charge in [0.25, 0.3) is 0 Å². The summed E-state index contributed by atoms with van der Waals surface area (Å²) in [5.74, 6) is 0. The fourth-order valence-electron chi connectivity index (χ4n) is 3.21. The first-order valence-corrected chi connectivity index (χ1v) is 9.12. The van der Waals surface area contributed by atoms with Crippen LogP contribution in [0.1, 0.15) is 29.2 Å². The minimum Gasteiger partial charge on any atom is -0.380 e. The van der Waals surface area contributed by atoms with E-state index in [0.717, 1.165) is 24.0 Å². The molecule has 23 heavy (non-hydrogen) atoms. The van der Waals surface area contributed by atoms with Crippen molar-refractivity contribution in [1.82, 2.24) is 4.31 Å². The van der Waals surface area contributed by atoms with Crippen molar-refractivity contribution in [3.05, 3.63) is 65.2 Å². The first-order valence-electron chi connectivity index (χ1n) is 7.68. The van der Waals surface area contributed by atoms with E-state index in [0.29, 0.717) is 11.5 Å². The first kappa shape index (κ1) is 16.2. The van der Waals surface area contributed by atoms with E-state index in [9.17, 15) is 8.42 Å². The fourth-order valence-corrected chi connectivity index (χ4v) is 4.65. The van der Waals surface area contributed by atoms with Gasteiger partial charge in [-0.1, -0.05) is 36.4 Å². The number of aryl methyl sites for hydroxylation is 1. The summed E-state index contributed by atoms with van der Waals surface area (Å²) in [4.78, 5) is 0.318. The van der Waals surface area contributed by atoms with Crippen molar-refractivity contribution < 1.29 is 13.2 Å². The number of nitrogens with zero attached hydrogens (tertiary/aromatic N) is 1.